The molecule has 0 fully saturated rings. The van der Waals surface area contributed by atoms with Gasteiger partial charge in [0.1, 0.15) is 16.9 Å². The quantitative estimate of drug-likeness (QED) is 0.0583. The lowest BCUT2D eigenvalue weighted by Crippen LogP contribution is -2.29. The lowest BCUT2D eigenvalue weighted by Gasteiger charge is -2.13. The van der Waals surface area contributed by atoms with Gasteiger partial charge in [0.15, 0.2) is 5.82 Å². The van der Waals surface area contributed by atoms with E-state index in [4.69, 9.17) is 21.3 Å². The van der Waals surface area contributed by atoms with Crippen LogP contribution in [0.5, 0.6) is 0 Å². The summed E-state index contributed by atoms with van der Waals surface area (Å²) in [5.74, 6) is 1.06. The van der Waals surface area contributed by atoms with Gasteiger partial charge in [0.25, 0.3) is 5.91 Å². The summed E-state index contributed by atoms with van der Waals surface area (Å²) in [6, 6.07) is 7.08. The van der Waals surface area contributed by atoms with Crippen LogP contribution in [0.25, 0.3) is 5.00 Å². The number of hydrogen-bond donors (Lipinski definition) is 3. The molecule has 53 heavy (non-hydrogen) atoms. The minimum absolute atomic E-state index is 0.109. The standard InChI is InChI=1S/C39H45ClN8O3S2/c1-7-29(38(50)44-15-14-34-43-18-21-52-34)22-24(2)8-9-25(3)41-16-19-51-20-17-42-33(49)23-32-37-47-46-28(6)48(37)39-35(26(4)27(5)53-39)36(45-32)30-10-12-31(40)13-11-30/h7-8,10-13,18,21-22,32,41H,1,3,9,14-17,19-20,23H2,2,4-6H3,(H,42,49)(H,44,50)/b24-8+,29-22+/t32-/m0/s1. The number of allylic oxidation sites excluding steroid dienone is 3. The highest BCUT2D eigenvalue weighted by Crippen LogP contribution is 2.39. The molecule has 5 rings (SSSR count). The lowest BCUT2D eigenvalue weighted by atomic mass is 9.99. The molecule has 0 unspecified atom stereocenters. The number of carbonyl (C=O) groups excluding carboxylic acids is 2. The van der Waals surface area contributed by atoms with Crippen molar-refractivity contribution in [3.05, 3.63) is 127 Å². The molecule has 0 saturated heterocycles. The van der Waals surface area contributed by atoms with Crippen molar-refractivity contribution in [3.63, 3.8) is 0 Å². The summed E-state index contributed by atoms with van der Waals surface area (Å²) in [4.78, 5) is 36.3. The zero-order valence-corrected chi connectivity index (χ0v) is 32.9. The number of hydrogen-bond acceptors (Lipinski definition) is 10. The van der Waals surface area contributed by atoms with E-state index < -0.39 is 6.04 Å². The van der Waals surface area contributed by atoms with Crippen LogP contribution in [0.3, 0.4) is 0 Å². The van der Waals surface area contributed by atoms with Gasteiger partial charge in [-0.05, 0) is 51.5 Å². The maximum Gasteiger partial charge on any atom is 0.251 e. The highest BCUT2D eigenvalue weighted by Gasteiger charge is 2.32. The topological polar surface area (TPSA) is 135 Å². The van der Waals surface area contributed by atoms with Crippen LogP contribution in [0.15, 0.2) is 89.1 Å². The molecule has 4 heterocycles. The second-order valence-electron chi connectivity index (χ2n) is 12.5. The van der Waals surface area contributed by atoms with Crippen molar-refractivity contribution in [2.45, 2.75) is 53.0 Å². The number of thiophene rings is 1. The largest absolute Gasteiger partial charge is 0.386 e. The van der Waals surface area contributed by atoms with Gasteiger partial charge in [0, 0.05) is 76.3 Å². The first-order chi connectivity index (χ1) is 25.5. The molecule has 2 amide bonds. The molecule has 14 heteroatoms. The normalized spacial score (nSPS) is 14.1. The van der Waals surface area contributed by atoms with Crippen molar-refractivity contribution in [2.24, 2.45) is 4.99 Å². The molecular formula is C39H45ClN8O3S2. The molecule has 1 atom stereocenters. The van der Waals surface area contributed by atoms with E-state index in [0.717, 1.165) is 49.5 Å². The zero-order chi connectivity index (χ0) is 37.9. The smallest absolute Gasteiger partial charge is 0.251 e. The third-order valence-electron chi connectivity index (χ3n) is 8.57. The van der Waals surface area contributed by atoms with Crippen LogP contribution in [-0.4, -0.2) is 70.1 Å². The molecule has 3 N–H and O–H groups in total. The first kappa shape index (κ1) is 39.5. The Morgan fingerprint density at radius 2 is 1.81 bits per heavy atom. The van der Waals surface area contributed by atoms with Gasteiger partial charge in [-0.3, -0.25) is 19.1 Å². The third kappa shape index (κ3) is 10.5. The number of nitrogens with one attached hydrogen (secondary N) is 3. The number of nitrogens with zero attached hydrogens (tertiary/aromatic N) is 5. The number of aromatic nitrogens is 4. The summed E-state index contributed by atoms with van der Waals surface area (Å²) >= 11 is 9.46. The van der Waals surface area contributed by atoms with Gasteiger partial charge < -0.3 is 20.7 Å². The Hall–Kier alpha value is -4.69. The Balaban J connectivity index is 1.06. The molecule has 0 radical (unpaired) electrons. The van der Waals surface area contributed by atoms with Crippen molar-refractivity contribution in [1.29, 1.82) is 0 Å². The molecular weight excluding hydrogens is 728 g/mol. The van der Waals surface area contributed by atoms with Crippen LogP contribution in [0.4, 0.5) is 0 Å². The minimum Gasteiger partial charge on any atom is -0.386 e. The Labute approximate surface area is 323 Å². The fraction of sp³-hybridized carbons (Fsp3) is 0.333. The van der Waals surface area contributed by atoms with Crippen molar-refractivity contribution in [1.82, 2.24) is 35.7 Å². The van der Waals surface area contributed by atoms with Crippen LogP contribution < -0.4 is 16.0 Å². The van der Waals surface area contributed by atoms with Gasteiger partial charge in [0.2, 0.25) is 5.91 Å². The SMILES string of the molecule is C=C/C(=C\C(C)=C\CC(=C)NCCOCCNC(=O)C[C@@H]1N=C(c2ccc(Cl)cc2)c2c(sc(C)c2C)-n2c(C)nnc21)C(=O)NCCc1nccs1. The molecule has 1 aliphatic heterocycles. The number of aryl methyl sites for hydroxylation is 2. The predicted octanol–water partition coefficient (Wildman–Crippen LogP) is 6.69. The van der Waals surface area contributed by atoms with Gasteiger partial charge in [-0.15, -0.1) is 32.9 Å². The fourth-order valence-electron chi connectivity index (χ4n) is 5.68. The Bertz CT molecular complexity index is 2030. The average molecular weight is 773 g/mol. The van der Waals surface area contributed by atoms with Crippen LogP contribution in [0, 0.1) is 20.8 Å². The van der Waals surface area contributed by atoms with Gasteiger partial charge in [-0.2, -0.15) is 0 Å². The van der Waals surface area contributed by atoms with Crippen molar-refractivity contribution in [3.8, 4) is 5.00 Å². The number of fused-ring (bicyclic) bond motifs is 3. The zero-order valence-electron chi connectivity index (χ0n) is 30.5. The second-order valence-corrected chi connectivity index (χ2v) is 15.1. The molecule has 0 spiro atoms. The summed E-state index contributed by atoms with van der Waals surface area (Å²) in [6.07, 6.45) is 8.52. The monoisotopic (exact) mass is 772 g/mol. The summed E-state index contributed by atoms with van der Waals surface area (Å²) in [7, 11) is 0. The molecule has 0 saturated carbocycles. The number of aliphatic imine (C=N–C) groups is 1. The lowest BCUT2D eigenvalue weighted by molar-refractivity contribution is -0.121. The van der Waals surface area contributed by atoms with Crippen LogP contribution in [0.1, 0.15) is 64.0 Å². The highest BCUT2D eigenvalue weighted by molar-refractivity contribution is 7.15. The van der Waals surface area contributed by atoms with E-state index in [-0.39, 0.29) is 18.2 Å². The summed E-state index contributed by atoms with van der Waals surface area (Å²) in [5.41, 5.74) is 6.15. The van der Waals surface area contributed by atoms with Crippen LogP contribution in [0.2, 0.25) is 5.02 Å². The van der Waals surface area contributed by atoms with E-state index >= 15 is 0 Å². The van der Waals surface area contributed by atoms with Gasteiger partial charge in [0.05, 0.1) is 30.4 Å². The van der Waals surface area contributed by atoms with E-state index in [9.17, 15) is 9.59 Å². The molecule has 0 bridgehead atoms. The van der Waals surface area contributed by atoms with Crippen molar-refractivity contribution in [2.75, 3.05) is 32.8 Å². The number of amides is 2. The van der Waals surface area contributed by atoms with Gasteiger partial charge >= 0.3 is 0 Å². The maximum atomic E-state index is 13.2. The number of rotatable bonds is 18. The molecule has 4 aromatic rings. The van der Waals surface area contributed by atoms with E-state index in [1.807, 2.05) is 60.2 Å². The third-order valence-corrected chi connectivity index (χ3v) is 10.9. The Morgan fingerprint density at radius 1 is 1.06 bits per heavy atom. The molecule has 278 valence electrons. The van der Waals surface area contributed by atoms with Crippen LogP contribution in [-0.2, 0) is 20.7 Å². The average Bonchev–Trinajstić information content (AvgIpc) is 3.85. The van der Waals surface area contributed by atoms with Crippen molar-refractivity contribution < 1.29 is 14.3 Å². The number of halogens is 1. The number of carbonyl (C=O) groups is 2. The first-order valence-electron chi connectivity index (χ1n) is 17.4. The van der Waals surface area contributed by atoms with E-state index in [1.54, 1.807) is 34.9 Å². The molecule has 0 aliphatic carbocycles. The Morgan fingerprint density at radius 3 is 2.53 bits per heavy atom. The van der Waals surface area contributed by atoms with E-state index in [2.05, 4.69) is 58.1 Å². The highest BCUT2D eigenvalue weighted by atomic mass is 35.5. The number of ether oxygens (including phenoxy) is 1. The van der Waals surface area contributed by atoms with Gasteiger partial charge in [-0.1, -0.05) is 54.6 Å². The number of benzene rings is 1. The maximum absolute atomic E-state index is 13.2. The first-order valence-corrected chi connectivity index (χ1v) is 19.4. The summed E-state index contributed by atoms with van der Waals surface area (Å²) in [5, 5.41) is 22.5. The fourth-order valence-corrected chi connectivity index (χ4v) is 7.64. The minimum atomic E-state index is -0.537. The molecule has 1 aromatic carbocycles. The molecule has 1 aliphatic rings. The molecule has 3 aromatic heterocycles. The Kier molecular flexibility index (Phi) is 14.1. The van der Waals surface area contributed by atoms with E-state index in [1.165, 1.54) is 4.88 Å². The van der Waals surface area contributed by atoms with E-state index in [0.29, 0.717) is 62.1 Å². The predicted molar refractivity (Wildman–Crippen MR) is 214 cm³/mol. The van der Waals surface area contributed by atoms with Crippen LogP contribution >= 0.6 is 34.3 Å². The van der Waals surface area contributed by atoms with Crippen molar-refractivity contribution >= 4 is 51.8 Å². The van der Waals surface area contributed by atoms with Gasteiger partial charge in [-0.25, -0.2) is 4.98 Å². The number of thiazole rings is 1. The molecule has 11 nitrogen and oxygen atoms in total. The summed E-state index contributed by atoms with van der Waals surface area (Å²) in [6.45, 7) is 18.2. The summed E-state index contributed by atoms with van der Waals surface area (Å²) < 4.78 is 7.79. The second kappa shape index (κ2) is 18.9.